The van der Waals surface area contributed by atoms with E-state index in [1.54, 1.807) is 24.3 Å². The van der Waals surface area contributed by atoms with Gasteiger partial charge in [-0.2, -0.15) is 4.31 Å². The lowest BCUT2D eigenvalue weighted by Gasteiger charge is -2.25. The van der Waals surface area contributed by atoms with Gasteiger partial charge in [-0.1, -0.05) is 18.6 Å². The van der Waals surface area contributed by atoms with Crippen LogP contribution in [0.2, 0.25) is 0 Å². The van der Waals surface area contributed by atoms with E-state index in [2.05, 4.69) is 5.32 Å². The number of halogens is 3. The number of piperidine rings is 1. The zero-order valence-corrected chi connectivity index (χ0v) is 15.5. The Morgan fingerprint density at radius 2 is 1.41 bits per heavy atom. The number of hydrogen-bond acceptors (Lipinski definition) is 3. The summed E-state index contributed by atoms with van der Waals surface area (Å²) in [6.45, 7) is 1.64. The van der Waals surface area contributed by atoms with Crippen molar-refractivity contribution in [1.29, 1.82) is 0 Å². The SMILES string of the molecule is O=S(=O)(c1ccc(CNCc2cc(F)c(F)c(F)c2)cc1)N1CCCCC1. The summed E-state index contributed by atoms with van der Waals surface area (Å²) < 4.78 is 66.0. The topological polar surface area (TPSA) is 49.4 Å². The monoisotopic (exact) mass is 398 g/mol. The van der Waals surface area contributed by atoms with Crippen LogP contribution in [-0.4, -0.2) is 25.8 Å². The summed E-state index contributed by atoms with van der Waals surface area (Å²) in [5, 5.41) is 3.00. The van der Waals surface area contributed by atoms with Crippen molar-refractivity contribution in [3.8, 4) is 0 Å². The Bertz CT molecular complexity index is 873. The van der Waals surface area contributed by atoms with Crippen LogP contribution >= 0.6 is 0 Å². The summed E-state index contributed by atoms with van der Waals surface area (Å²) in [6, 6.07) is 8.43. The molecule has 1 aliphatic rings. The minimum absolute atomic E-state index is 0.155. The quantitative estimate of drug-likeness (QED) is 0.757. The maximum absolute atomic E-state index is 13.2. The molecule has 0 aliphatic carbocycles. The van der Waals surface area contributed by atoms with Crippen LogP contribution in [0, 0.1) is 17.5 Å². The molecule has 2 aromatic rings. The predicted molar refractivity (Wildman–Crippen MR) is 95.9 cm³/mol. The Labute approximate surface area is 157 Å². The Kier molecular flexibility index (Phi) is 6.18. The Morgan fingerprint density at radius 3 is 2.00 bits per heavy atom. The van der Waals surface area contributed by atoms with Gasteiger partial charge in [0, 0.05) is 26.2 Å². The minimum Gasteiger partial charge on any atom is -0.309 e. The Hall–Kier alpha value is -1.90. The van der Waals surface area contributed by atoms with Gasteiger partial charge in [0.1, 0.15) is 0 Å². The molecule has 0 atom stereocenters. The molecule has 1 N–H and O–H groups in total. The molecule has 27 heavy (non-hydrogen) atoms. The first kappa shape index (κ1) is 19.9. The molecule has 3 rings (SSSR count). The first-order valence-electron chi connectivity index (χ1n) is 8.81. The van der Waals surface area contributed by atoms with Gasteiger partial charge < -0.3 is 5.32 Å². The fourth-order valence-corrected chi connectivity index (χ4v) is 4.61. The second-order valence-corrected chi connectivity index (χ2v) is 8.52. The zero-order chi connectivity index (χ0) is 19.4. The normalized spacial score (nSPS) is 15.8. The van der Waals surface area contributed by atoms with Gasteiger partial charge in [-0.05, 0) is 48.2 Å². The van der Waals surface area contributed by atoms with E-state index in [1.807, 2.05) is 0 Å². The van der Waals surface area contributed by atoms with Crippen LogP contribution in [0.5, 0.6) is 0 Å². The molecular formula is C19H21F3N2O2S. The van der Waals surface area contributed by atoms with Crippen molar-refractivity contribution in [2.24, 2.45) is 0 Å². The van der Waals surface area contributed by atoms with Crippen molar-refractivity contribution < 1.29 is 21.6 Å². The molecule has 1 saturated heterocycles. The van der Waals surface area contributed by atoms with Crippen LogP contribution in [0.25, 0.3) is 0 Å². The van der Waals surface area contributed by atoms with Crippen molar-refractivity contribution in [2.45, 2.75) is 37.2 Å². The molecule has 1 fully saturated rings. The molecule has 0 unspecified atom stereocenters. The van der Waals surface area contributed by atoms with E-state index in [0.29, 0.717) is 19.6 Å². The van der Waals surface area contributed by atoms with Gasteiger partial charge in [0.15, 0.2) is 17.5 Å². The van der Waals surface area contributed by atoms with Gasteiger partial charge in [0.2, 0.25) is 10.0 Å². The van der Waals surface area contributed by atoms with Crippen molar-refractivity contribution >= 4 is 10.0 Å². The van der Waals surface area contributed by atoms with Crippen LogP contribution in [-0.2, 0) is 23.1 Å². The van der Waals surface area contributed by atoms with E-state index in [1.165, 1.54) is 4.31 Å². The van der Waals surface area contributed by atoms with Crippen LogP contribution in [0.15, 0.2) is 41.3 Å². The zero-order valence-electron chi connectivity index (χ0n) is 14.7. The smallest absolute Gasteiger partial charge is 0.243 e. The number of nitrogens with one attached hydrogen (secondary N) is 1. The van der Waals surface area contributed by atoms with Crippen molar-refractivity contribution in [2.75, 3.05) is 13.1 Å². The van der Waals surface area contributed by atoms with E-state index in [4.69, 9.17) is 0 Å². The number of sulfonamides is 1. The number of rotatable bonds is 6. The summed E-state index contributed by atoms with van der Waals surface area (Å²) in [7, 11) is -3.46. The first-order chi connectivity index (χ1) is 12.9. The molecule has 0 spiro atoms. The van der Waals surface area contributed by atoms with Crippen LogP contribution in [0.4, 0.5) is 13.2 Å². The average molecular weight is 398 g/mol. The summed E-state index contributed by atoms with van der Waals surface area (Å²) in [5.74, 6) is -3.93. The highest BCUT2D eigenvalue weighted by Gasteiger charge is 2.25. The molecule has 0 saturated carbocycles. The van der Waals surface area contributed by atoms with Gasteiger partial charge in [-0.25, -0.2) is 21.6 Å². The molecule has 8 heteroatoms. The third-order valence-corrected chi connectivity index (χ3v) is 6.49. The molecule has 0 amide bonds. The Morgan fingerprint density at radius 1 is 0.852 bits per heavy atom. The summed E-state index contributed by atoms with van der Waals surface area (Å²) >= 11 is 0. The molecule has 1 heterocycles. The van der Waals surface area contributed by atoms with E-state index in [0.717, 1.165) is 37.0 Å². The number of nitrogens with zero attached hydrogens (tertiary/aromatic N) is 1. The maximum Gasteiger partial charge on any atom is 0.243 e. The largest absolute Gasteiger partial charge is 0.309 e. The summed E-state index contributed by atoms with van der Waals surface area (Å²) in [5.41, 5.74) is 1.12. The number of hydrogen-bond donors (Lipinski definition) is 1. The van der Waals surface area contributed by atoms with Gasteiger partial charge >= 0.3 is 0 Å². The van der Waals surface area contributed by atoms with Crippen molar-refractivity contribution in [3.05, 3.63) is 65.0 Å². The molecule has 4 nitrogen and oxygen atoms in total. The molecule has 2 aromatic carbocycles. The fraction of sp³-hybridized carbons (Fsp3) is 0.368. The molecule has 0 radical (unpaired) electrons. The highest BCUT2D eigenvalue weighted by atomic mass is 32.2. The van der Waals surface area contributed by atoms with Crippen LogP contribution < -0.4 is 5.32 Å². The summed E-state index contributed by atoms with van der Waals surface area (Å²) in [6.07, 6.45) is 2.82. The van der Waals surface area contributed by atoms with Crippen LogP contribution in [0.1, 0.15) is 30.4 Å². The highest BCUT2D eigenvalue weighted by Crippen LogP contribution is 2.21. The molecule has 0 bridgehead atoms. The lowest BCUT2D eigenvalue weighted by Crippen LogP contribution is -2.35. The second kappa shape index (κ2) is 8.41. The second-order valence-electron chi connectivity index (χ2n) is 6.59. The van der Waals surface area contributed by atoms with Gasteiger partial charge in [0.05, 0.1) is 4.90 Å². The van der Waals surface area contributed by atoms with E-state index >= 15 is 0 Å². The minimum atomic E-state index is -3.46. The third kappa shape index (κ3) is 4.69. The predicted octanol–water partition coefficient (Wildman–Crippen LogP) is 3.57. The lowest BCUT2D eigenvalue weighted by atomic mass is 10.2. The fourth-order valence-electron chi connectivity index (χ4n) is 3.09. The molecule has 1 aliphatic heterocycles. The molecule has 0 aromatic heterocycles. The van der Waals surface area contributed by atoms with Gasteiger partial charge in [-0.15, -0.1) is 0 Å². The maximum atomic E-state index is 13.2. The molecular weight excluding hydrogens is 377 g/mol. The lowest BCUT2D eigenvalue weighted by molar-refractivity contribution is 0.346. The Balaban J connectivity index is 1.59. The first-order valence-corrected chi connectivity index (χ1v) is 10.2. The van der Waals surface area contributed by atoms with Crippen molar-refractivity contribution in [3.63, 3.8) is 0 Å². The molecule has 146 valence electrons. The third-order valence-electron chi connectivity index (χ3n) is 4.58. The van der Waals surface area contributed by atoms with Gasteiger partial charge in [-0.3, -0.25) is 0 Å². The van der Waals surface area contributed by atoms with E-state index < -0.39 is 27.5 Å². The highest BCUT2D eigenvalue weighted by molar-refractivity contribution is 7.89. The standard InChI is InChI=1S/C19H21F3N2O2S/c20-17-10-15(11-18(21)19(17)22)13-23-12-14-4-6-16(7-5-14)27(25,26)24-8-2-1-3-9-24/h4-7,10-11,23H,1-3,8-9,12-13H2. The van der Waals surface area contributed by atoms with Crippen molar-refractivity contribution in [1.82, 2.24) is 9.62 Å². The van der Waals surface area contributed by atoms with Gasteiger partial charge in [0.25, 0.3) is 0 Å². The number of benzene rings is 2. The van der Waals surface area contributed by atoms with E-state index in [9.17, 15) is 21.6 Å². The van der Waals surface area contributed by atoms with E-state index in [-0.39, 0.29) is 17.0 Å². The average Bonchev–Trinajstić information content (AvgIpc) is 2.67. The van der Waals surface area contributed by atoms with Crippen LogP contribution in [0.3, 0.4) is 0 Å². The summed E-state index contributed by atoms with van der Waals surface area (Å²) in [4.78, 5) is 0.260.